The van der Waals surface area contributed by atoms with Gasteiger partial charge in [0.1, 0.15) is 0 Å². The van der Waals surface area contributed by atoms with Gasteiger partial charge in [-0.25, -0.2) is 0 Å². The van der Waals surface area contributed by atoms with Gasteiger partial charge in [0.2, 0.25) is 0 Å². The number of hydrogen-bond acceptors (Lipinski definition) is 2. The van der Waals surface area contributed by atoms with E-state index in [1.807, 2.05) is 4.90 Å². The molecule has 1 fully saturated rings. The lowest BCUT2D eigenvalue weighted by Crippen LogP contribution is -2.35. The molecule has 0 radical (unpaired) electrons. The van der Waals surface area contributed by atoms with Crippen LogP contribution in [0.3, 0.4) is 0 Å². The zero-order valence-electron chi connectivity index (χ0n) is 6.29. The molecule has 1 aliphatic rings. The van der Waals surface area contributed by atoms with Gasteiger partial charge in [-0.3, -0.25) is 10.2 Å². The standard InChI is InChI=1S/C7H12N2O2/c8-5-9-3-1-6(2-4-9)7(10)11/h5-6,8H,1-4H2,(H,10,11). The normalized spacial score (nSPS) is 19.8. The van der Waals surface area contributed by atoms with Gasteiger partial charge in [0.05, 0.1) is 12.3 Å². The summed E-state index contributed by atoms with van der Waals surface area (Å²) in [6, 6.07) is 0. The fourth-order valence-corrected chi connectivity index (χ4v) is 1.28. The summed E-state index contributed by atoms with van der Waals surface area (Å²) in [6.45, 7) is 1.42. The SMILES string of the molecule is N=CN1CCC(C(=O)O)CC1. The van der Waals surface area contributed by atoms with E-state index in [4.69, 9.17) is 10.5 Å². The van der Waals surface area contributed by atoms with Crippen LogP contribution in [0.5, 0.6) is 0 Å². The van der Waals surface area contributed by atoms with Gasteiger partial charge in [-0.1, -0.05) is 0 Å². The largest absolute Gasteiger partial charge is 0.481 e. The molecule has 0 atom stereocenters. The Morgan fingerprint density at radius 2 is 2.09 bits per heavy atom. The van der Waals surface area contributed by atoms with Gasteiger partial charge in [0, 0.05) is 13.1 Å². The minimum absolute atomic E-state index is 0.189. The fourth-order valence-electron chi connectivity index (χ4n) is 1.28. The van der Waals surface area contributed by atoms with E-state index in [1.165, 1.54) is 6.34 Å². The molecule has 1 rings (SSSR count). The Kier molecular flexibility index (Phi) is 2.46. The molecule has 0 bridgehead atoms. The molecular formula is C7H12N2O2. The third-order valence-electron chi connectivity index (χ3n) is 2.06. The molecule has 11 heavy (non-hydrogen) atoms. The number of carbonyl (C=O) groups is 1. The lowest BCUT2D eigenvalue weighted by Gasteiger charge is -2.27. The van der Waals surface area contributed by atoms with Crippen molar-refractivity contribution in [3.05, 3.63) is 0 Å². The van der Waals surface area contributed by atoms with Crippen LogP contribution in [0.15, 0.2) is 0 Å². The van der Waals surface area contributed by atoms with E-state index in [2.05, 4.69) is 0 Å². The first-order valence-corrected chi connectivity index (χ1v) is 3.71. The lowest BCUT2D eigenvalue weighted by atomic mass is 9.98. The van der Waals surface area contributed by atoms with Crippen molar-refractivity contribution in [1.82, 2.24) is 4.90 Å². The van der Waals surface area contributed by atoms with Crippen molar-refractivity contribution in [3.63, 3.8) is 0 Å². The maximum Gasteiger partial charge on any atom is 0.306 e. The van der Waals surface area contributed by atoms with Crippen LogP contribution in [-0.4, -0.2) is 35.4 Å². The van der Waals surface area contributed by atoms with E-state index in [0.29, 0.717) is 25.9 Å². The third kappa shape index (κ3) is 1.93. The average molecular weight is 156 g/mol. The monoisotopic (exact) mass is 156 g/mol. The van der Waals surface area contributed by atoms with Crippen LogP contribution in [0.2, 0.25) is 0 Å². The molecule has 0 saturated carbocycles. The number of likely N-dealkylation sites (tertiary alicyclic amines) is 1. The summed E-state index contributed by atoms with van der Waals surface area (Å²) >= 11 is 0. The number of carboxylic acids is 1. The number of piperidine rings is 1. The van der Waals surface area contributed by atoms with Gasteiger partial charge in [-0.2, -0.15) is 0 Å². The average Bonchev–Trinajstić information content (AvgIpc) is 2.05. The van der Waals surface area contributed by atoms with Crippen LogP contribution in [0.25, 0.3) is 0 Å². The Bertz CT molecular complexity index is 162. The molecule has 0 aliphatic carbocycles. The van der Waals surface area contributed by atoms with E-state index >= 15 is 0 Å². The summed E-state index contributed by atoms with van der Waals surface area (Å²) in [5.41, 5.74) is 0. The summed E-state index contributed by atoms with van der Waals surface area (Å²) in [5, 5.41) is 15.5. The molecular weight excluding hydrogens is 144 g/mol. The smallest absolute Gasteiger partial charge is 0.306 e. The minimum atomic E-state index is -0.699. The second kappa shape index (κ2) is 3.37. The molecule has 0 amide bonds. The number of rotatable bonds is 2. The quantitative estimate of drug-likeness (QED) is 0.449. The van der Waals surface area contributed by atoms with E-state index in [9.17, 15) is 4.79 Å². The first kappa shape index (κ1) is 8.04. The lowest BCUT2D eigenvalue weighted by molar-refractivity contribution is -0.142. The Labute approximate surface area is 65.3 Å². The maximum atomic E-state index is 10.5. The Morgan fingerprint density at radius 3 is 2.45 bits per heavy atom. The second-order valence-electron chi connectivity index (χ2n) is 2.78. The van der Waals surface area contributed by atoms with Crippen molar-refractivity contribution < 1.29 is 9.90 Å². The van der Waals surface area contributed by atoms with E-state index in [0.717, 1.165) is 0 Å². The van der Waals surface area contributed by atoms with E-state index in [1.54, 1.807) is 0 Å². The summed E-state index contributed by atoms with van der Waals surface area (Å²) < 4.78 is 0. The molecule has 1 heterocycles. The minimum Gasteiger partial charge on any atom is -0.481 e. The molecule has 0 aromatic rings. The van der Waals surface area contributed by atoms with Crippen LogP contribution < -0.4 is 0 Å². The highest BCUT2D eigenvalue weighted by atomic mass is 16.4. The van der Waals surface area contributed by atoms with Crippen LogP contribution in [0, 0.1) is 11.3 Å². The van der Waals surface area contributed by atoms with Crippen molar-refractivity contribution in [2.24, 2.45) is 5.92 Å². The zero-order valence-corrected chi connectivity index (χ0v) is 6.29. The van der Waals surface area contributed by atoms with Crippen LogP contribution in [0.4, 0.5) is 0 Å². The molecule has 1 aliphatic heterocycles. The van der Waals surface area contributed by atoms with Gasteiger partial charge in [0.15, 0.2) is 0 Å². The molecule has 1 saturated heterocycles. The van der Waals surface area contributed by atoms with E-state index in [-0.39, 0.29) is 5.92 Å². The van der Waals surface area contributed by atoms with Gasteiger partial charge in [-0.15, -0.1) is 0 Å². The van der Waals surface area contributed by atoms with Gasteiger partial charge in [-0.05, 0) is 12.8 Å². The Balaban J connectivity index is 2.35. The molecule has 0 aromatic heterocycles. The number of carboxylic acid groups (broad SMARTS) is 1. The highest BCUT2D eigenvalue weighted by Crippen LogP contribution is 2.15. The van der Waals surface area contributed by atoms with Crippen molar-refractivity contribution >= 4 is 12.3 Å². The van der Waals surface area contributed by atoms with Crippen molar-refractivity contribution in [1.29, 1.82) is 5.41 Å². The summed E-state index contributed by atoms with van der Waals surface area (Å²) in [6.07, 6.45) is 2.62. The fraction of sp³-hybridized carbons (Fsp3) is 0.714. The van der Waals surface area contributed by atoms with Gasteiger partial charge >= 0.3 is 5.97 Å². The molecule has 4 nitrogen and oxygen atoms in total. The molecule has 2 N–H and O–H groups in total. The van der Waals surface area contributed by atoms with Crippen LogP contribution in [0.1, 0.15) is 12.8 Å². The first-order chi connectivity index (χ1) is 5.24. The number of nitrogens with zero attached hydrogens (tertiary/aromatic N) is 1. The molecule has 0 aromatic carbocycles. The summed E-state index contributed by atoms with van der Waals surface area (Å²) in [7, 11) is 0. The molecule has 0 unspecified atom stereocenters. The first-order valence-electron chi connectivity index (χ1n) is 3.71. The van der Waals surface area contributed by atoms with Gasteiger partial charge in [0.25, 0.3) is 0 Å². The summed E-state index contributed by atoms with van der Waals surface area (Å²) in [4.78, 5) is 12.3. The van der Waals surface area contributed by atoms with Crippen molar-refractivity contribution in [2.45, 2.75) is 12.8 Å². The highest BCUT2D eigenvalue weighted by Gasteiger charge is 2.22. The zero-order chi connectivity index (χ0) is 8.27. The number of nitrogens with one attached hydrogen (secondary N) is 1. The molecule has 4 heteroatoms. The van der Waals surface area contributed by atoms with Crippen LogP contribution >= 0.6 is 0 Å². The van der Waals surface area contributed by atoms with E-state index < -0.39 is 5.97 Å². The molecule has 62 valence electrons. The van der Waals surface area contributed by atoms with Crippen LogP contribution in [-0.2, 0) is 4.79 Å². The predicted molar refractivity (Wildman–Crippen MR) is 40.7 cm³/mol. The number of aliphatic carboxylic acids is 1. The maximum absolute atomic E-state index is 10.5. The second-order valence-corrected chi connectivity index (χ2v) is 2.78. The third-order valence-corrected chi connectivity index (χ3v) is 2.06. The Morgan fingerprint density at radius 1 is 1.55 bits per heavy atom. The van der Waals surface area contributed by atoms with Crippen molar-refractivity contribution in [2.75, 3.05) is 13.1 Å². The summed E-state index contributed by atoms with van der Waals surface area (Å²) in [5.74, 6) is -0.888. The highest BCUT2D eigenvalue weighted by molar-refractivity contribution is 5.70. The predicted octanol–water partition coefficient (Wildman–Crippen LogP) is 0.390. The van der Waals surface area contributed by atoms with Gasteiger partial charge < -0.3 is 10.0 Å². The van der Waals surface area contributed by atoms with Crippen molar-refractivity contribution in [3.8, 4) is 0 Å². The topological polar surface area (TPSA) is 64.4 Å². The Hall–Kier alpha value is -1.06. The number of hydrogen-bond donors (Lipinski definition) is 2. The molecule has 0 spiro atoms.